The Balaban J connectivity index is 3.05. The molecule has 1 N–H and O–H groups in total. The zero-order chi connectivity index (χ0) is 15.4. The lowest BCUT2D eigenvalue weighted by molar-refractivity contribution is 0.553. The molecular formula is C11H15FINO4S2. The number of hydrogen-bond donors (Lipinski definition) is 1. The van der Waals surface area contributed by atoms with Crippen LogP contribution >= 0.6 is 22.6 Å². The molecule has 0 heterocycles. The third kappa shape index (κ3) is 4.93. The van der Waals surface area contributed by atoms with E-state index in [4.69, 9.17) is 0 Å². The molecule has 0 saturated carbocycles. The highest BCUT2D eigenvalue weighted by Gasteiger charge is 2.21. The first-order chi connectivity index (χ1) is 9.18. The first-order valence-electron chi connectivity index (χ1n) is 5.74. The highest BCUT2D eigenvalue weighted by molar-refractivity contribution is 14.1. The lowest BCUT2D eigenvalue weighted by atomic mass is 10.3. The summed E-state index contributed by atoms with van der Waals surface area (Å²) in [6, 6.07) is 2.72. The first kappa shape index (κ1) is 17.8. The second-order valence-corrected chi connectivity index (χ2v) is 8.99. The van der Waals surface area contributed by atoms with Crippen molar-refractivity contribution in [3.05, 3.63) is 24.0 Å². The maximum atomic E-state index is 13.6. The van der Waals surface area contributed by atoms with E-state index < -0.39 is 30.6 Å². The molecule has 0 amide bonds. The van der Waals surface area contributed by atoms with E-state index in [0.29, 0.717) is 6.42 Å². The minimum absolute atomic E-state index is 0.188. The number of sulfone groups is 1. The molecule has 0 aliphatic rings. The molecule has 0 unspecified atom stereocenters. The van der Waals surface area contributed by atoms with Gasteiger partial charge < -0.3 is 0 Å². The maximum absolute atomic E-state index is 13.6. The number of rotatable bonds is 7. The van der Waals surface area contributed by atoms with Crippen LogP contribution in [0.25, 0.3) is 0 Å². The van der Waals surface area contributed by atoms with E-state index in [0.717, 1.165) is 35.3 Å². The van der Waals surface area contributed by atoms with Crippen molar-refractivity contribution in [3.8, 4) is 0 Å². The van der Waals surface area contributed by atoms with Crippen LogP contribution in [0.15, 0.2) is 28.0 Å². The molecule has 1 rings (SSSR count). The van der Waals surface area contributed by atoms with Gasteiger partial charge in [-0.1, -0.05) is 22.6 Å². The lowest BCUT2D eigenvalue weighted by Crippen LogP contribution is -2.26. The molecule has 114 valence electrons. The second-order valence-electron chi connectivity index (χ2n) is 4.16. The fourth-order valence-corrected chi connectivity index (χ4v) is 3.86. The van der Waals surface area contributed by atoms with Gasteiger partial charge in [0.15, 0.2) is 9.84 Å². The van der Waals surface area contributed by atoms with Gasteiger partial charge in [-0.3, -0.25) is 0 Å². The van der Waals surface area contributed by atoms with Crippen molar-refractivity contribution in [1.82, 2.24) is 4.72 Å². The van der Waals surface area contributed by atoms with Crippen molar-refractivity contribution < 1.29 is 21.2 Å². The van der Waals surface area contributed by atoms with Gasteiger partial charge in [-0.2, -0.15) is 0 Å². The third-order valence-corrected chi connectivity index (χ3v) is 5.82. The Kier molecular flexibility index (Phi) is 6.35. The summed E-state index contributed by atoms with van der Waals surface area (Å²) in [6.45, 7) is 0.188. The van der Waals surface area contributed by atoms with Gasteiger partial charge in [-0.15, -0.1) is 0 Å². The molecule has 0 aromatic heterocycles. The summed E-state index contributed by atoms with van der Waals surface area (Å²) in [7, 11) is -7.64. The fourth-order valence-electron chi connectivity index (χ4n) is 1.42. The monoisotopic (exact) mass is 435 g/mol. The smallest absolute Gasteiger partial charge is 0.224 e. The van der Waals surface area contributed by atoms with Crippen molar-refractivity contribution in [1.29, 1.82) is 0 Å². The molecule has 0 spiro atoms. The van der Waals surface area contributed by atoms with E-state index >= 15 is 0 Å². The predicted octanol–water partition coefficient (Wildman–Crippen LogP) is 1.72. The van der Waals surface area contributed by atoms with E-state index in [-0.39, 0.29) is 11.4 Å². The summed E-state index contributed by atoms with van der Waals surface area (Å²) in [4.78, 5) is -0.874. The predicted molar refractivity (Wildman–Crippen MR) is 82.8 cm³/mol. The van der Waals surface area contributed by atoms with E-state index in [9.17, 15) is 21.2 Å². The average molecular weight is 435 g/mol. The highest BCUT2D eigenvalue weighted by Crippen LogP contribution is 2.19. The quantitative estimate of drug-likeness (QED) is 0.306. The number of alkyl halides is 1. The second kappa shape index (κ2) is 7.14. The molecular weight excluding hydrogens is 420 g/mol. The summed E-state index contributed by atoms with van der Waals surface area (Å²) in [5, 5.41) is 0. The van der Waals surface area contributed by atoms with Crippen molar-refractivity contribution in [3.63, 3.8) is 0 Å². The Morgan fingerprint density at radius 3 is 2.40 bits per heavy atom. The Hall–Kier alpha value is -0.260. The Morgan fingerprint density at radius 1 is 1.20 bits per heavy atom. The van der Waals surface area contributed by atoms with Crippen LogP contribution in [-0.2, 0) is 19.9 Å². The summed E-state index contributed by atoms with van der Waals surface area (Å²) in [6.07, 6.45) is 2.41. The number of sulfonamides is 1. The molecule has 0 fully saturated rings. The fraction of sp³-hybridized carbons (Fsp3) is 0.455. The van der Waals surface area contributed by atoms with Crippen molar-refractivity contribution in [2.75, 3.05) is 17.2 Å². The van der Waals surface area contributed by atoms with Gasteiger partial charge in [-0.25, -0.2) is 25.9 Å². The van der Waals surface area contributed by atoms with Crippen molar-refractivity contribution in [2.24, 2.45) is 0 Å². The van der Waals surface area contributed by atoms with Gasteiger partial charge in [0.25, 0.3) is 0 Å². The van der Waals surface area contributed by atoms with Crippen LogP contribution in [0.3, 0.4) is 0 Å². The number of unbranched alkanes of at least 4 members (excludes halogenated alkanes) is 1. The van der Waals surface area contributed by atoms with Crippen molar-refractivity contribution in [2.45, 2.75) is 22.6 Å². The van der Waals surface area contributed by atoms with E-state index in [1.54, 1.807) is 0 Å². The molecule has 0 radical (unpaired) electrons. The van der Waals surface area contributed by atoms with Gasteiger partial charge in [-0.05, 0) is 35.5 Å². The Labute approximate surface area is 132 Å². The minimum Gasteiger partial charge on any atom is -0.224 e. The zero-order valence-electron chi connectivity index (χ0n) is 10.8. The van der Waals surface area contributed by atoms with Crippen LogP contribution in [0.2, 0.25) is 0 Å². The van der Waals surface area contributed by atoms with Crippen LogP contribution in [0.5, 0.6) is 0 Å². The normalized spacial score (nSPS) is 12.6. The summed E-state index contributed by atoms with van der Waals surface area (Å²) >= 11 is 2.17. The molecule has 0 atom stereocenters. The van der Waals surface area contributed by atoms with Crippen molar-refractivity contribution >= 4 is 42.5 Å². The summed E-state index contributed by atoms with van der Waals surface area (Å²) in [5.74, 6) is -0.973. The molecule has 0 bridgehead atoms. The van der Waals surface area contributed by atoms with E-state index in [2.05, 4.69) is 27.3 Å². The van der Waals surface area contributed by atoms with Gasteiger partial charge in [0, 0.05) is 12.8 Å². The molecule has 9 heteroatoms. The number of halogens is 2. The first-order valence-corrected chi connectivity index (χ1v) is 10.6. The molecule has 0 saturated heterocycles. The van der Waals surface area contributed by atoms with Gasteiger partial charge in [0.05, 0.1) is 4.90 Å². The molecule has 1 aromatic rings. The minimum atomic E-state index is -4.05. The van der Waals surface area contributed by atoms with E-state index in [1.165, 1.54) is 0 Å². The molecule has 20 heavy (non-hydrogen) atoms. The topological polar surface area (TPSA) is 80.3 Å². The molecule has 0 aliphatic heterocycles. The SMILES string of the molecule is CS(=O)(=O)c1ccc(F)c(S(=O)(=O)NCCCCI)c1. The molecule has 1 aromatic carbocycles. The van der Waals surface area contributed by atoms with Crippen LogP contribution < -0.4 is 4.72 Å². The molecule has 0 aliphatic carbocycles. The summed E-state index contributed by atoms with van der Waals surface area (Å²) in [5.41, 5.74) is 0. The average Bonchev–Trinajstić information content (AvgIpc) is 2.33. The number of nitrogens with one attached hydrogen (secondary N) is 1. The number of hydrogen-bond acceptors (Lipinski definition) is 4. The van der Waals surface area contributed by atoms with Crippen LogP contribution in [0, 0.1) is 5.82 Å². The zero-order valence-corrected chi connectivity index (χ0v) is 14.6. The largest absolute Gasteiger partial charge is 0.243 e. The van der Waals surface area contributed by atoms with Crippen LogP contribution in [0.1, 0.15) is 12.8 Å². The lowest BCUT2D eigenvalue weighted by Gasteiger charge is -2.08. The third-order valence-electron chi connectivity index (χ3n) is 2.47. The maximum Gasteiger partial charge on any atom is 0.243 e. The Bertz CT molecular complexity index is 674. The Morgan fingerprint density at radius 2 is 1.85 bits per heavy atom. The molecule has 5 nitrogen and oxygen atoms in total. The number of benzene rings is 1. The highest BCUT2D eigenvalue weighted by atomic mass is 127. The van der Waals surface area contributed by atoms with Gasteiger partial charge >= 0.3 is 0 Å². The van der Waals surface area contributed by atoms with Gasteiger partial charge in [0.1, 0.15) is 10.7 Å². The van der Waals surface area contributed by atoms with Crippen LogP contribution in [-0.4, -0.2) is 34.1 Å². The van der Waals surface area contributed by atoms with Gasteiger partial charge in [0.2, 0.25) is 10.0 Å². The standard InChI is InChI=1S/C11H15FINO4S2/c1-19(15,16)9-4-5-10(12)11(8-9)20(17,18)14-7-3-2-6-13/h4-5,8,14H,2-3,6-7H2,1H3. The van der Waals surface area contributed by atoms with E-state index in [1.807, 2.05) is 0 Å². The summed E-state index contributed by atoms with van der Waals surface area (Å²) < 4.78 is 63.4. The van der Waals surface area contributed by atoms with Crippen LogP contribution in [0.4, 0.5) is 4.39 Å².